The van der Waals surface area contributed by atoms with E-state index in [9.17, 15) is 9.59 Å². The number of nitrogens with one attached hydrogen (secondary N) is 1. The van der Waals surface area contributed by atoms with Gasteiger partial charge in [-0.1, -0.05) is 6.07 Å². The van der Waals surface area contributed by atoms with Crippen LogP contribution in [0.1, 0.15) is 53.4 Å². The van der Waals surface area contributed by atoms with Crippen LogP contribution in [0.25, 0.3) is 0 Å². The lowest BCUT2D eigenvalue weighted by molar-refractivity contribution is -0.123. The van der Waals surface area contributed by atoms with Gasteiger partial charge in [0.1, 0.15) is 5.82 Å². The van der Waals surface area contributed by atoms with E-state index in [1.54, 1.807) is 35.2 Å². The van der Waals surface area contributed by atoms with Crippen LogP contribution in [-0.2, 0) is 16.1 Å². The SMILES string of the molecule is Cc1cc(C(=O)O[C@H](C)C(=O)Nc2ccnn2C(C)C)c(C)n1Cc1cccs1. The van der Waals surface area contributed by atoms with Gasteiger partial charge in [0.05, 0.1) is 18.3 Å². The normalized spacial score (nSPS) is 12.2. The summed E-state index contributed by atoms with van der Waals surface area (Å²) < 4.78 is 9.22. The minimum absolute atomic E-state index is 0.104. The number of ether oxygens (including phenoxy) is 1. The van der Waals surface area contributed by atoms with Crippen molar-refractivity contribution in [2.24, 2.45) is 0 Å². The summed E-state index contributed by atoms with van der Waals surface area (Å²) in [6.45, 7) is 10.1. The molecular formula is C21H26N4O3S. The van der Waals surface area contributed by atoms with E-state index in [0.29, 0.717) is 17.9 Å². The predicted octanol–water partition coefficient (Wildman–Crippen LogP) is 4.18. The van der Waals surface area contributed by atoms with Gasteiger partial charge in [-0.2, -0.15) is 5.10 Å². The van der Waals surface area contributed by atoms with Gasteiger partial charge in [-0.3, -0.25) is 4.79 Å². The van der Waals surface area contributed by atoms with Crippen LogP contribution in [-0.4, -0.2) is 32.3 Å². The van der Waals surface area contributed by atoms with E-state index in [1.807, 2.05) is 45.2 Å². The largest absolute Gasteiger partial charge is 0.449 e. The molecule has 0 radical (unpaired) electrons. The highest BCUT2D eigenvalue weighted by atomic mass is 32.1. The molecule has 0 aliphatic carbocycles. The molecule has 3 aromatic rings. The van der Waals surface area contributed by atoms with Crippen LogP contribution >= 0.6 is 11.3 Å². The maximum atomic E-state index is 12.7. The van der Waals surface area contributed by atoms with E-state index in [1.165, 1.54) is 4.88 Å². The van der Waals surface area contributed by atoms with Gasteiger partial charge in [0.25, 0.3) is 5.91 Å². The highest BCUT2D eigenvalue weighted by Gasteiger charge is 2.23. The molecule has 0 fully saturated rings. The number of carbonyl (C=O) groups excluding carboxylic acids is 2. The standard InChI is InChI=1S/C21H26N4O3S/c1-13(2)25-19(8-9-22-25)23-20(26)16(5)28-21(27)18-11-14(3)24(15(18)4)12-17-7-6-10-29-17/h6-11,13,16H,12H2,1-5H3,(H,23,26)/t16-/m1/s1. The third-order valence-corrected chi connectivity index (χ3v) is 5.61. The first kappa shape index (κ1) is 20.9. The van der Waals surface area contributed by atoms with Gasteiger partial charge in [0, 0.05) is 28.4 Å². The molecule has 0 saturated carbocycles. The Morgan fingerprint density at radius 2 is 2.00 bits per heavy atom. The van der Waals surface area contributed by atoms with Gasteiger partial charge in [-0.25, -0.2) is 9.48 Å². The molecule has 1 atom stereocenters. The maximum Gasteiger partial charge on any atom is 0.340 e. The van der Waals surface area contributed by atoms with E-state index in [0.717, 1.165) is 11.4 Å². The van der Waals surface area contributed by atoms with Crippen molar-refractivity contribution in [2.75, 3.05) is 5.32 Å². The Hall–Kier alpha value is -2.87. The number of hydrogen-bond donors (Lipinski definition) is 1. The first-order valence-corrected chi connectivity index (χ1v) is 10.4. The number of aromatic nitrogens is 3. The number of aryl methyl sites for hydroxylation is 1. The fourth-order valence-corrected chi connectivity index (χ4v) is 3.83. The molecule has 0 bridgehead atoms. The number of nitrogens with zero attached hydrogens (tertiary/aromatic N) is 3. The lowest BCUT2D eigenvalue weighted by Gasteiger charge is -2.16. The molecule has 29 heavy (non-hydrogen) atoms. The smallest absolute Gasteiger partial charge is 0.340 e. The number of esters is 1. The van der Waals surface area contributed by atoms with Gasteiger partial charge in [-0.05, 0) is 52.1 Å². The number of thiophene rings is 1. The summed E-state index contributed by atoms with van der Waals surface area (Å²) >= 11 is 1.68. The highest BCUT2D eigenvalue weighted by molar-refractivity contribution is 7.09. The van der Waals surface area contributed by atoms with Crippen LogP contribution in [0.15, 0.2) is 35.8 Å². The van der Waals surface area contributed by atoms with Crippen molar-refractivity contribution in [1.29, 1.82) is 0 Å². The van der Waals surface area contributed by atoms with Gasteiger partial charge in [-0.15, -0.1) is 11.3 Å². The van der Waals surface area contributed by atoms with Crippen molar-refractivity contribution in [2.45, 2.75) is 53.3 Å². The third kappa shape index (κ3) is 4.59. The predicted molar refractivity (Wildman–Crippen MR) is 113 cm³/mol. The third-order valence-electron chi connectivity index (χ3n) is 4.75. The Kier molecular flexibility index (Phi) is 6.22. The van der Waals surface area contributed by atoms with Gasteiger partial charge in [0.2, 0.25) is 0 Å². The number of anilines is 1. The molecular weight excluding hydrogens is 388 g/mol. The van der Waals surface area contributed by atoms with Crippen LogP contribution in [0.3, 0.4) is 0 Å². The first-order chi connectivity index (χ1) is 13.8. The summed E-state index contributed by atoms with van der Waals surface area (Å²) in [6, 6.07) is 7.70. The van der Waals surface area contributed by atoms with E-state index in [4.69, 9.17) is 4.74 Å². The average Bonchev–Trinajstić information content (AvgIpc) is 3.39. The first-order valence-electron chi connectivity index (χ1n) is 9.52. The molecule has 3 heterocycles. The lowest BCUT2D eigenvalue weighted by Crippen LogP contribution is -2.31. The molecule has 0 spiro atoms. The molecule has 7 nitrogen and oxygen atoms in total. The second-order valence-corrected chi connectivity index (χ2v) is 8.27. The van der Waals surface area contributed by atoms with Crippen LogP contribution in [0.2, 0.25) is 0 Å². The maximum absolute atomic E-state index is 12.7. The van der Waals surface area contributed by atoms with Crippen molar-refractivity contribution >= 4 is 29.0 Å². The Balaban J connectivity index is 1.68. The second-order valence-electron chi connectivity index (χ2n) is 7.24. The topological polar surface area (TPSA) is 78.2 Å². The summed E-state index contributed by atoms with van der Waals surface area (Å²) in [5.41, 5.74) is 2.28. The van der Waals surface area contributed by atoms with Crippen molar-refractivity contribution in [3.8, 4) is 0 Å². The van der Waals surface area contributed by atoms with Crippen molar-refractivity contribution in [3.63, 3.8) is 0 Å². The van der Waals surface area contributed by atoms with Crippen LogP contribution in [0.5, 0.6) is 0 Å². The summed E-state index contributed by atoms with van der Waals surface area (Å²) in [5.74, 6) is -0.328. The summed E-state index contributed by atoms with van der Waals surface area (Å²) in [4.78, 5) is 26.4. The molecule has 0 aliphatic rings. The minimum Gasteiger partial charge on any atom is -0.449 e. The fraction of sp³-hybridized carbons (Fsp3) is 0.381. The van der Waals surface area contributed by atoms with E-state index < -0.39 is 18.0 Å². The summed E-state index contributed by atoms with van der Waals surface area (Å²) in [5, 5.41) is 8.99. The van der Waals surface area contributed by atoms with E-state index >= 15 is 0 Å². The summed E-state index contributed by atoms with van der Waals surface area (Å²) in [6.07, 6.45) is 0.688. The van der Waals surface area contributed by atoms with Gasteiger partial charge in [0.15, 0.2) is 6.10 Å². The zero-order chi connectivity index (χ0) is 21.1. The molecule has 1 amide bonds. The molecule has 0 aliphatic heterocycles. The Morgan fingerprint density at radius 3 is 2.66 bits per heavy atom. The number of amides is 1. The van der Waals surface area contributed by atoms with E-state index in [2.05, 4.69) is 21.0 Å². The molecule has 3 aromatic heterocycles. The zero-order valence-corrected chi connectivity index (χ0v) is 18.1. The Labute approximate surface area is 174 Å². The minimum atomic E-state index is -0.932. The van der Waals surface area contributed by atoms with Crippen molar-refractivity contribution in [1.82, 2.24) is 14.3 Å². The fourth-order valence-electron chi connectivity index (χ4n) is 3.14. The molecule has 0 saturated heterocycles. The number of hydrogen-bond acceptors (Lipinski definition) is 5. The van der Waals surface area contributed by atoms with Crippen LogP contribution in [0.4, 0.5) is 5.82 Å². The molecule has 0 unspecified atom stereocenters. The molecule has 8 heteroatoms. The lowest BCUT2D eigenvalue weighted by atomic mass is 10.2. The Bertz CT molecular complexity index is 1000. The van der Waals surface area contributed by atoms with Crippen molar-refractivity contribution < 1.29 is 14.3 Å². The monoisotopic (exact) mass is 414 g/mol. The average molecular weight is 415 g/mol. The van der Waals surface area contributed by atoms with Crippen molar-refractivity contribution in [3.05, 3.63) is 57.7 Å². The molecule has 154 valence electrons. The molecule has 0 aromatic carbocycles. The highest BCUT2D eigenvalue weighted by Crippen LogP contribution is 2.21. The second kappa shape index (κ2) is 8.65. The molecule has 1 N–H and O–H groups in total. The molecule has 3 rings (SSSR count). The van der Waals surface area contributed by atoms with Gasteiger partial charge < -0.3 is 14.6 Å². The quantitative estimate of drug-likeness (QED) is 0.589. The Morgan fingerprint density at radius 1 is 1.24 bits per heavy atom. The number of carbonyl (C=O) groups is 2. The van der Waals surface area contributed by atoms with Gasteiger partial charge >= 0.3 is 5.97 Å². The number of rotatable bonds is 7. The van der Waals surface area contributed by atoms with Crippen LogP contribution in [0, 0.1) is 13.8 Å². The van der Waals surface area contributed by atoms with Crippen LogP contribution < -0.4 is 5.32 Å². The van der Waals surface area contributed by atoms with E-state index in [-0.39, 0.29) is 6.04 Å². The zero-order valence-electron chi connectivity index (χ0n) is 17.3. The summed E-state index contributed by atoms with van der Waals surface area (Å²) in [7, 11) is 0.